The van der Waals surface area contributed by atoms with Gasteiger partial charge in [-0.25, -0.2) is 4.79 Å². The van der Waals surface area contributed by atoms with E-state index in [-0.39, 0.29) is 51.3 Å². The van der Waals surface area contributed by atoms with Crippen LogP contribution in [0.25, 0.3) is 0 Å². The zero-order valence-corrected chi connectivity index (χ0v) is 25.7. The maximum absolute atomic E-state index is 13.3. The molecule has 2 aliphatic heterocycles. The number of cyclic esters (lactones) is 1. The number of ether oxygens (including phenoxy) is 2. The molecule has 1 aromatic heterocycles. The van der Waals surface area contributed by atoms with Crippen molar-refractivity contribution in [1.29, 1.82) is 0 Å². The number of rotatable bonds is 12. The molecule has 0 radical (unpaired) electrons. The highest BCUT2D eigenvalue weighted by Crippen LogP contribution is 2.27. The van der Waals surface area contributed by atoms with Gasteiger partial charge in [0.2, 0.25) is 11.8 Å². The number of carbonyl (C=O) groups is 5. The Morgan fingerprint density at radius 1 is 1.09 bits per heavy atom. The minimum Gasteiger partial charge on any atom is -0.442 e. The fourth-order valence-electron chi connectivity index (χ4n) is 4.66. The van der Waals surface area contributed by atoms with Crippen molar-refractivity contribution >= 4 is 64.0 Å². The molecule has 14 heteroatoms. The Bertz CT molecular complexity index is 1340. The number of imide groups is 1. The number of amides is 5. The topological polar surface area (TPSA) is 152 Å². The van der Waals surface area contributed by atoms with Gasteiger partial charge in [0.05, 0.1) is 35.0 Å². The third kappa shape index (κ3) is 8.78. The molecule has 4 rings (SSSR count). The summed E-state index contributed by atoms with van der Waals surface area (Å²) in [7, 11) is 0. The van der Waals surface area contributed by atoms with Gasteiger partial charge in [0.15, 0.2) is 0 Å². The third-order valence-electron chi connectivity index (χ3n) is 7.19. The van der Waals surface area contributed by atoms with E-state index >= 15 is 0 Å². The first kappa shape index (κ1) is 35.0. The molecule has 12 nitrogen and oxygen atoms in total. The Morgan fingerprint density at radius 3 is 2.39 bits per heavy atom. The first-order valence-electron chi connectivity index (χ1n) is 14.1. The number of unbranched alkanes of at least 4 members (excludes halogenated alkanes) is 1. The lowest BCUT2D eigenvalue weighted by molar-refractivity contribution is -0.129. The zero-order valence-electron chi connectivity index (χ0n) is 24.1. The first-order valence-corrected chi connectivity index (χ1v) is 15.3. The summed E-state index contributed by atoms with van der Waals surface area (Å²) >= 11 is 7.09. The van der Waals surface area contributed by atoms with Crippen molar-refractivity contribution in [2.24, 2.45) is 11.7 Å². The fraction of sp³-hybridized carbons (Fsp3) is 0.500. The highest BCUT2D eigenvalue weighted by molar-refractivity contribution is 7.18. The lowest BCUT2D eigenvalue weighted by Crippen LogP contribution is -2.44. The van der Waals surface area contributed by atoms with E-state index in [4.69, 9.17) is 26.8 Å². The van der Waals surface area contributed by atoms with Crippen LogP contribution >= 0.6 is 22.9 Å². The van der Waals surface area contributed by atoms with Gasteiger partial charge >= 0.3 is 6.09 Å². The van der Waals surface area contributed by atoms with E-state index in [2.05, 4.69) is 5.32 Å². The molecule has 240 valence electrons. The van der Waals surface area contributed by atoms with Crippen molar-refractivity contribution in [2.45, 2.75) is 52.7 Å². The largest absolute Gasteiger partial charge is 0.442 e. The molecule has 3 N–H and O–H groups in total. The van der Waals surface area contributed by atoms with Gasteiger partial charge in [0, 0.05) is 30.9 Å². The molecule has 1 aromatic carbocycles. The number of nitrogens with one attached hydrogen (secondary N) is 1. The average Bonchev–Trinajstić information content (AvgIpc) is 3.59. The molecule has 2 saturated heterocycles. The minimum atomic E-state index is -0.756. The van der Waals surface area contributed by atoms with Gasteiger partial charge in [0.25, 0.3) is 11.8 Å². The molecule has 0 bridgehead atoms. The molecule has 2 aliphatic rings. The number of anilines is 2. The van der Waals surface area contributed by atoms with Crippen molar-refractivity contribution in [3.63, 3.8) is 0 Å². The number of nitrogens with zero attached hydrogens (tertiary/aromatic N) is 3. The summed E-state index contributed by atoms with van der Waals surface area (Å²) in [6.45, 7) is 4.99. The molecule has 2 atom stereocenters. The van der Waals surface area contributed by atoms with Crippen LogP contribution in [0.1, 0.15) is 50.2 Å². The monoisotopic (exact) mass is 649 g/mol. The molecular weight excluding hydrogens is 610 g/mol. The molecule has 5 amide bonds. The van der Waals surface area contributed by atoms with E-state index in [1.807, 2.05) is 13.8 Å². The SMILES string of the molecule is C.CC(C)[C@H](N)C(=O)NCCCCC(=O)N(C[C@H]1CN(c2ccc(N3CCOCC3=O)cc2)C(=O)O1)C(=O)c1ccc(Cl)s1. The second-order valence-corrected chi connectivity index (χ2v) is 12.4. The smallest absolute Gasteiger partial charge is 0.414 e. The normalized spacial score (nSPS) is 17.2. The number of morpholine rings is 1. The van der Waals surface area contributed by atoms with Crippen LogP contribution in [0.3, 0.4) is 0 Å². The molecule has 0 unspecified atom stereocenters. The van der Waals surface area contributed by atoms with Gasteiger partial charge in [0.1, 0.15) is 12.7 Å². The minimum absolute atomic E-state index is 0. The number of nitrogens with two attached hydrogens (primary N) is 1. The molecule has 2 aromatic rings. The van der Waals surface area contributed by atoms with E-state index in [9.17, 15) is 24.0 Å². The highest BCUT2D eigenvalue weighted by Gasteiger charge is 2.36. The summed E-state index contributed by atoms with van der Waals surface area (Å²) < 4.78 is 11.1. The zero-order chi connectivity index (χ0) is 31.1. The number of carbonyl (C=O) groups excluding carboxylic acids is 5. The summed E-state index contributed by atoms with van der Waals surface area (Å²) in [6.07, 6.45) is -0.349. The van der Waals surface area contributed by atoms with Gasteiger partial charge in [-0.2, -0.15) is 0 Å². The molecular formula is C30H40ClN5O7S. The molecule has 0 aliphatic carbocycles. The van der Waals surface area contributed by atoms with E-state index in [0.29, 0.717) is 53.1 Å². The summed E-state index contributed by atoms with van der Waals surface area (Å²) in [6, 6.07) is 9.46. The maximum atomic E-state index is 13.3. The van der Waals surface area contributed by atoms with E-state index in [1.54, 1.807) is 41.3 Å². The van der Waals surface area contributed by atoms with Crippen molar-refractivity contribution in [2.75, 3.05) is 49.2 Å². The maximum Gasteiger partial charge on any atom is 0.414 e. The molecule has 0 saturated carbocycles. The van der Waals surface area contributed by atoms with Crippen LogP contribution in [-0.4, -0.2) is 86.2 Å². The van der Waals surface area contributed by atoms with Gasteiger partial charge in [-0.05, 0) is 55.2 Å². The number of thiophene rings is 1. The Balaban J connectivity index is 0.00000529. The molecule has 44 heavy (non-hydrogen) atoms. The van der Waals surface area contributed by atoms with E-state index in [1.165, 1.54) is 4.90 Å². The summed E-state index contributed by atoms with van der Waals surface area (Å²) in [5.74, 6) is -1.32. The Hall–Kier alpha value is -3.52. The summed E-state index contributed by atoms with van der Waals surface area (Å²) in [5.41, 5.74) is 7.11. The van der Waals surface area contributed by atoms with Crippen LogP contribution in [-0.2, 0) is 23.9 Å². The predicted molar refractivity (Wildman–Crippen MR) is 169 cm³/mol. The van der Waals surface area contributed by atoms with Crippen LogP contribution < -0.4 is 20.9 Å². The second kappa shape index (κ2) is 16.0. The molecule has 2 fully saturated rings. The number of hydrogen-bond acceptors (Lipinski definition) is 9. The summed E-state index contributed by atoms with van der Waals surface area (Å²) in [5, 5.41) is 2.77. The highest BCUT2D eigenvalue weighted by atomic mass is 35.5. The lowest BCUT2D eigenvalue weighted by Gasteiger charge is -2.27. The van der Waals surface area contributed by atoms with Crippen molar-refractivity contribution in [3.8, 4) is 0 Å². The Morgan fingerprint density at radius 2 is 1.77 bits per heavy atom. The van der Waals surface area contributed by atoms with E-state index in [0.717, 1.165) is 16.2 Å². The number of halogens is 1. The van der Waals surface area contributed by atoms with Crippen molar-refractivity contribution in [1.82, 2.24) is 10.2 Å². The second-order valence-electron chi connectivity index (χ2n) is 10.7. The Labute approximate surface area is 266 Å². The quantitative estimate of drug-likeness (QED) is 0.331. The van der Waals surface area contributed by atoms with Gasteiger partial charge in [-0.3, -0.25) is 29.0 Å². The third-order valence-corrected chi connectivity index (χ3v) is 8.41. The predicted octanol–water partition coefficient (Wildman–Crippen LogP) is 3.66. The molecule has 3 heterocycles. The number of benzene rings is 1. The lowest BCUT2D eigenvalue weighted by atomic mass is 10.1. The van der Waals surface area contributed by atoms with Gasteiger partial charge < -0.3 is 25.4 Å². The fourth-order valence-corrected chi connectivity index (χ4v) is 5.66. The van der Waals surface area contributed by atoms with Crippen LogP contribution in [0.5, 0.6) is 0 Å². The molecule has 0 spiro atoms. The van der Waals surface area contributed by atoms with Crippen LogP contribution in [0.2, 0.25) is 4.34 Å². The van der Waals surface area contributed by atoms with Crippen LogP contribution in [0.4, 0.5) is 16.2 Å². The van der Waals surface area contributed by atoms with Crippen LogP contribution in [0.15, 0.2) is 36.4 Å². The standard InChI is InChI=1S/C29H36ClN5O7S.CH4/c1-18(2)26(31)27(38)32-12-4-3-5-24(36)35(28(39)22-10-11-23(30)43-22)16-21-15-34(29(40)42-21)20-8-6-19(7-9-20)33-13-14-41-17-25(33)37;/h6-11,18,21,26H,3-5,12-17,31H2,1-2H3,(H,32,38);1H4/t21-,26+;/m1./s1. The Kier molecular flexibility index (Phi) is 12.7. The summed E-state index contributed by atoms with van der Waals surface area (Å²) in [4.78, 5) is 68.0. The number of hydrogen-bond donors (Lipinski definition) is 2. The average molecular weight is 650 g/mol. The van der Waals surface area contributed by atoms with Crippen LogP contribution in [0, 0.1) is 5.92 Å². The first-order chi connectivity index (χ1) is 20.5. The van der Waals surface area contributed by atoms with Gasteiger partial charge in [-0.15, -0.1) is 11.3 Å². The van der Waals surface area contributed by atoms with Crippen molar-refractivity contribution < 1.29 is 33.4 Å². The van der Waals surface area contributed by atoms with Crippen molar-refractivity contribution in [3.05, 3.63) is 45.6 Å². The van der Waals surface area contributed by atoms with E-state index < -0.39 is 30.1 Å². The van der Waals surface area contributed by atoms with Gasteiger partial charge in [-0.1, -0.05) is 32.9 Å².